The minimum atomic E-state index is -0.168. The van der Waals surface area contributed by atoms with Crippen molar-refractivity contribution in [3.05, 3.63) is 0 Å². The first-order valence-electron chi connectivity index (χ1n) is 11.3. The number of hydroxylamine groups is 4. The van der Waals surface area contributed by atoms with E-state index in [0.717, 1.165) is 0 Å². The lowest BCUT2D eigenvalue weighted by molar-refractivity contribution is -1.16. The van der Waals surface area contributed by atoms with Crippen LogP contribution in [0.5, 0.6) is 0 Å². The first-order valence-corrected chi connectivity index (χ1v) is 11.3. The standard InChI is InChI=1S/C9H21N.2C8H19NO.CH4/c1-8(2,3)10(7)9(4,5)6;2*1-7(2,3)9(10)8(4,5)6;/h1-7H3;2*10H,1-6H3;1H4/p+1. The van der Waals surface area contributed by atoms with Gasteiger partial charge in [0.25, 0.3) is 0 Å². The molecule has 0 saturated heterocycles. The number of hydrogen-bond donors (Lipinski definition) is 3. The molecule has 0 heterocycles. The fourth-order valence-electron chi connectivity index (χ4n) is 3.14. The van der Waals surface area contributed by atoms with Crippen LogP contribution in [0.4, 0.5) is 0 Å². The van der Waals surface area contributed by atoms with Gasteiger partial charge in [-0.2, -0.15) is 10.1 Å². The summed E-state index contributed by atoms with van der Waals surface area (Å²) >= 11 is 0. The molecule has 0 aromatic heterocycles. The molecule has 0 unspecified atom stereocenters. The van der Waals surface area contributed by atoms with Gasteiger partial charge in [-0.3, -0.25) is 4.90 Å². The molecule has 0 rings (SSSR count). The minimum Gasteiger partial charge on any atom is -0.313 e. The Kier molecular flexibility index (Phi) is 15.1. The molecule has 0 saturated carbocycles. The van der Waals surface area contributed by atoms with Crippen LogP contribution in [0.2, 0.25) is 0 Å². The Morgan fingerprint density at radius 3 is 0.677 bits per heavy atom. The highest BCUT2D eigenvalue weighted by molar-refractivity contribution is 4.83. The lowest BCUT2D eigenvalue weighted by Crippen LogP contribution is -3.23. The molecule has 0 amide bonds. The maximum Gasteiger partial charge on any atom is 0.119 e. The van der Waals surface area contributed by atoms with Crippen LogP contribution in [-0.2, 0) is 0 Å². The third-order valence-corrected chi connectivity index (χ3v) is 4.70. The Bertz CT molecular complexity index is 348. The maximum absolute atomic E-state index is 9.64. The molecule has 0 aliphatic heterocycles. The van der Waals surface area contributed by atoms with Gasteiger partial charge in [0, 0.05) is 22.2 Å². The first-order chi connectivity index (χ1) is 12.5. The average molecular weight is 451 g/mol. The van der Waals surface area contributed by atoms with Crippen molar-refractivity contribution in [1.82, 2.24) is 9.96 Å². The van der Waals surface area contributed by atoms with Crippen molar-refractivity contribution in [2.75, 3.05) is 7.05 Å². The van der Waals surface area contributed by atoms with Gasteiger partial charge in [0.05, 0.1) is 0 Å². The van der Waals surface area contributed by atoms with Crippen LogP contribution in [0.25, 0.3) is 0 Å². The largest absolute Gasteiger partial charge is 0.313 e. The third-order valence-electron chi connectivity index (χ3n) is 4.70. The van der Waals surface area contributed by atoms with E-state index < -0.39 is 0 Å². The van der Waals surface area contributed by atoms with Gasteiger partial charge in [0.1, 0.15) is 11.1 Å². The van der Waals surface area contributed by atoms with E-state index in [4.69, 9.17) is 0 Å². The quantitative estimate of drug-likeness (QED) is 0.380. The summed E-state index contributed by atoms with van der Waals surface area (Å²) in [5.74, 6) is 0. The number of nitrogens with zero attached hydrogens (tertiary/aromatic N) is 2. The highest BCUT2D eigenvalue weighted by atomic mass is 16.5. The number of rotatable bonds is 0. The summed E-state index contributed by atoms with van der Waals surface area (Å²) in [6.45, 7) is 37.4. The zero-order chi connectivity index (χ0) is 25.7. The smallest absolute Gasteiger partial charge is 0.119 e. The second kappa shape index (κ2) is 12.3. The van der Waals surface area contributed by atoms with Gasteiger partial charge in [-0.05, 0) is 132 Å². The Morgan fingerprint density at radius 2 is 0.677 bits per heavy atom. The van der Waals surface area contributed by atoms with Crippen LogP contribution >= 0.6 is 0 Å². The number of nitrogens with one attached hydrogen (secondary N) is 1. The van der Waals surface area contributed by atoms with Crippen molar-refractivity contribution in [1.29, 1.82) is 0 Å². The van der Waals surface area contributed by atoms with Crippen molar-refractivity contribution in [2.24, 2.45) is 0 Å². The molecular formula is C26H64N3O2+. The van der Waals surface area contributed by atoms with Gasteiger partial charge < -0.3 is 5.21 Å². The summed E-state index contributed by atoms with van der Waals surface area (Å²) < 4.78 is 0. The zero-order valence-corrected chi connectivity index (χ0v) is 24.3. The molecule has 31 heavy (non-hydrogen) atoms. The van der Waals surface area contributed by atoms with Gasteiger partial charge >= 0.3 is 0 Å². The zero-order valence-electron chi connectivity index (χ0n) is 24.3. The van der Waals surface area contributed by atoms with Crippen LogP contribution in [-0.4, -0.2) is 60.7 Å². The molecule has 5 nitrogen and oxygen atoms in total. The van der Waals surface area contributed by atoms with Gasteiger partial charge in [-0.15, -0.1) is 0 Å². The van der Waals surface area contributed by atoms with Crippen molar-refractivity contribution in [3.8, 4) is 0 Å². The Morgan fingerprint density at radius 1 is 0.484 bits per heavy atom. The van der Waals surface area contributed by atoms with Gasteiger partial charge in [0.15, 0.2) is 0 Å². The lowest BCUT2D eigenvalue weighted by Gasteiger charge is -2.42. The molecule has 0 bridgehead atoms. The molecule has 0 spiro atoms. The van der Waals surface area contributed by atoms with Crippen molar-refractivity contribution in [2.45, 2.75) is 165 Å². The third kappa shape index (κ3) is 18.0. The van der Waals surface area contributed by atoms with Crippen LogP contribution < -0.4 is 5.06 Å². The average Bonchev–Trinajstić information content (AvgIpc) is 2.40. The second-order valence-electron chi connectivity index (χ2n) is 14.4. The molecule has 3 N–H and O–H groups in total. The molecule has 0 aliphatic carbocycles. The molecule has 5 heteroatoms. The SMILES string of the molecule is C.CC(C)(C)N(O)C(C)(C)C.CC(C)(C)[NH+](O)C(C)(C)C.CN(C(C)(C)C)C(C)(C)C. The van der Waals surface area contributed by atoms with Gasteiger partial charge in [0.2, 0.25) is 0 Å². The molecule has 0 atom stereocenters. The number of quaternary nitrogens is 1. The Labute approximate surface area is 198 Å². The van der Waals surface area contributed by atoms with E-state index in [-0.39, 0.29) is 40.7 Å². The van der Waals surface area contributed by atoms with Crippen LogP contribution in [0.1, 0.15) is 132 Å². The summed E-state index contributed by atoms with van der Waals surface area (Å²) in [6.07, 6.45) is 0. The van der Waals surface area contributed by atoms with E-state index in [1.165, 1.54) is 5.06 Å². The normalized spacial score (nSPS) is 13.9. The summed E-state index contributed by atoms with van der Waals surface area (Å²) in [5.41, 5.74) is 0.0451. The van der Waals surface area contributed by atoms with E-state index in [9.17, 15) is 10.4 Å². The molecule has 0 aromatic carbocycles. The predicted molar refractivity (Wildman–Crippen MR) is 139 cm³/mol. The maximum atomic E-state index is 9.64. The van der Waals surface area contributed by atoms with E-state index in [1.54, 1.807) is 0 Å². The van der Waals surface area contributed by atoms with Crippen molar-refractivity contribution in [3.63, 3.8) is 0 Å². The molecule has 0 fully saturated rings. The van der Waals surface area contributed by atoms with Gasteiger partial charge in [-0.25, -0.2) is 5.21 Å². The Hall–Kier alpha value is -0.200. The first kappa shape index (κ1) is 38.1. The molecule has 0 aliphatic rings. The van der Waals surface area contributed by atoms with Crippen LogP contribution in [0.15, 0.2) is 0 Å². The summed E-state index contributed by atoms with van der Waals surface area (Å²) in [7, 11) is 2.17. The van der Waals surface area contributed by atoms with Crippen LogP contribution in [0, 0.1) is 0 Å². The van der Waals surface area contributed by atoms with Crippen LogP contribution in [0.3, 0.4) is 0 Å². The molecule has 0 aromatic rings. The fraction of sp³-hybridized carbons (Fsp3) is 1.00. The van der Waals surface area contributed by atoms with E-state index in [0.29, 0.717) is 5.06 Å². The fourth-order valence-corrected chi connectivity index (χ4v) is 3.14. The van der Waals surface area contributed by atoms with Gasteiger partial charge in [-0.1, -0.05) is 7.43 Å². The molecule has 0 radical (unpaired) electrons. The van der Waals surface area contributed by atoms with E-state index in [1.807, 2.05) is 83.1 Å². The topological polar surface area (TPSA) is 51.4 Å². The van der Waals surface area contributed by atoms with E-state index in [2.05, 4.69) is 53.5 Å². The monoisotopic (exact) mass is 450 g/mol. The second-order valence-corrected chi connectivity index (χ2v) is 14.4. The summed E-state index contributed by atoms with van der Waals surface area (Å²) in [6, 6.07) is 0. The lowest BCUT2D eigenvalue weighted by atomic mass is 9.98. The Balaban J connectivity index is -0.000000174. The van der Waals surface area contributed by atoms with Crippen molar-refractivity contribution >= 4 is 0 Å². The summed E-state index contributed by atoms with van der Waals surface area (Å²) in [4.78, 5) is 2.38. The summed E-state index contributed by atoms with van der Waals surface area (Å²) in [5, 5.41) is 21.1. The highest BCUT2D eigenvalue weighted by Crippen LogP contribution is 2.22. The highest BCUT2D eigenvalue weighted by Gasteiger charge is 2.34. The number of hydrogen-bond acceptors (Lipinski definition) is 4. The van der Waals surface area contributed by atoms with Crippen molar-refractivity contribution < 1.29 is 15.5 Å². The van der Waals surface area contributed by atoms with E-state index >= 15 is 0 Å². The minimum absolute atomic E-state index is 0. The molecule has 194 valence electrons. The predicted octanol–water partition coefficient (Wildman–Crippen LogP) is 6.28. The molecular weight excluding hydrogens is 386 g/mol.